The highest BCUT2D eigenvalue weighted by Crippen LogP contribution is 2.33. The van der Waals surface area contributed by atoms with Crippen LogP contribution in [0.2, 0.25) is 0 Å². The van der Waals surface area contributed by atoms with E-state index in [1.807, 2.05) is 66.4 Å². The van der Waals surface area contributed by atoms with Crippen molar-refractivity contribution < 1.29 is 48.4 Å². The smallest absolute Gasteiger partial charge is 0.315 e. The molecule has 2 aliphatic rings. The van der Waals surface area contributed by atoms with E-state index in [4.69, 9.17) is 5.73 Å². The van der Waals surface area contributed by atoms with Crippen molar-refractivity contribution >= 4 is 76.0 Å². The number of aromatic amines is 1. The predicted octanol–water partition coefficient (Wildman–Crippen LogP) is 1.67. The first-order valence-corrected chi connectivity index (χ1v) is 26.6. The van der Waals surface area contributed by atoms with Gasteiger partial charge in [0.1, 0.15) is 18.1 Å². The molecule has 0 bridgehead atoms. The fourth-order valence-corrected chi connectivity index (χ4v) is 10.8. The number of H-pyrrole nitrogens is 1. The average Bonchev–Trinajstić information content (AvgIpc) is 4.11. The minimum atomic E-state index is -1.27. The van der Waals surface area contributed by atoms with Crippen molar-refractivity contribution in [3.05, 3.63) is 108 Å². The maximum atomic E-state index is 14.4. The summed E-state index contributed by atoms with van der Waals surface area (Å²) >= 11 is 1.84. The Morgan fingerprint density at radius 1 is 0.653 bits per heavy atom. The molecule has 0 radical (unpaired) electrons. The van der Waals surface area contributed by atoms with Crippen molar-refractivity contribution in [1.82, 2.24) is 53.0 Å². The number of aromatic nitrogens is 1. The van der Waals surface area contributed by atoms with Crippen molar-refractivity contribution in [3.8, 4) is 0 Å². The molecular formula is C53H69N11O10S. The van der Waals surface area contributed by atoms with Gasteiger partial charge in [-0.3, -0.25) is 43.6 Å². The molecule has 13 N–H and O–H groups in total. The van der Waals surface area contributed by atoms with Crippen molar-refractivity contribution in [3.63, 3.8) is 0 Å². The number of thioether (sulfide) groups is 1. The number of nitrogens with one attached hydrogen (secondary N) is 10. The molecule has 2 aliphatic heterocycles. The molecule has 22 heteroatoms. The summed E-state index contributed by atoms with van der Waals surface area (Å²) < 4.78 is 0. The van der Waals surface area contributed by atoms with Crippen LogP contribution in [-0.2, 0) is 57.6 Å². The molecule has 1 aromatic heterocycles. The van der Waals surface area contributed by atoms with Crippen LogP contribution in [0.1, 0.15) is 80.9 Å². The minimum Gasteiger partial charge on any atom is -0.368 e. The van der Waals surface area contributed by atoms with Gasteiger partial charge in [-0.2, -0.15) is 11.8 Å². The van der Waals surface area contributed by atoms with Crippen molar-refractivity contribution in [1.29, 1.82) is 0 Å². The fourth-order valence-electron chi connectivity index (χ4n) is 9.27. The van der Waals surface area contributed by atoms with E-state index >= 15 is 0 Å². The lowest BCUT2D eigenvalue weighted by Gasteiger charge is -2.25. The van der Waals surface area contributed by atoms with E-state index < -0.39 is 78.5 Å². The first-order chi connectivity index (χ1) is 36.3. The molecule has 3 aromatic carbocycles. The standard InChI is InChI=1S/C53H69N11O10S/c54-49(69)39(22-11-12-25-55-44(65)24-10-9-23-43-48-42(32-75-43)62-53(73)63-48)59-47(68)31-57-46(67)30-58-51(71)41(27-36-29-56-38-21-8-7-20-37(36)38)61-52(72)40(26-34-16-5-2-6-17-34)60-50(70)35(28-45(66)64-74)19-13-18-33-14-3-1-4-15-33/h1-8,14-17,20-21,29,35,39-43,48,56,74H,9-13,18-19,22-28,30-32H2,(H2,54,69)(H,55,65)(H,57,67)(H,58,71)(H,59,68)(H,60,70)(H,61,72)(H,64,66)(H2,62,63,73)/t35?,39-,40-,41-,42-,43-,48-/m0/s1. The van der Waals surface area contributed by atoms with Gasteiger partial charge in [0, 0.05) is 66.2 Å². The van der Waals surface area contributed by atoms with Crippen LogP contribution in [0.4, 0.5) is 4.79 Å². The van der Waals surface area contributed by atoms with Crippen LogP contribution < -0.4 is 53.7 Å². The van der Waals surface area contributed by atoms with Gasteiger partial charge in [-0.05, 0) is 74.1 Å². The number of amides is 10. The zero-order chi connectivity index (χ0) is 53.5. The number of nitrogens with two attached hydrogens (primary N) is 1. The number of hydrogen-bond acceptors (Lipinski definition) is 11. The summed E-state index contributed by atoms with van der Waals surface area (Å²) in [6.07, 6.45) is 6.85. The zero-order valence-corrected chi connectivity index (χ0v) is 42.6. The first-order valence-electron chi connectivity index (χ1n) is 25.5. The Balaban J connectivity index is 0.982. The van der Waals surface area contributed by atoms with E-state index in [2.05, 4.69) is 47.5 Å². The number of unbranched alkanes of at least 4 members (excludes halogenated alkanes) is 2. The summed E-state index contributed by atoms with van der Waals surface area (Å²) in [6.45, 7) is -0.748. The van der Waals surface area contributed by atoms with Crippen LogP contribution in [0, 0.1) is 5.92 Å². The summed E-state index contributed by atoms with van der Waals surface area (Å²) in [5.41, 5.74) is 10.4. The van der Waals surface area contributed by atoms with Crippen molar-refractivity contribution in [2.75, 3.05) is 25.4 Å². The number of urea groups is 1. The molecule has 0 saturated carbocycles. The number of fused-ring (bicyclic) bond motifs is 2. The van der Waals surface area contributed by atoms with E-state index in [0.29, 0.717) is 55.0 Å². The third-order valence-corrected chi connectivity index (χ3v) is 14.8. The number of para-hydroxylation sites is 1. The van der Waals surface area contributed by atoms with E-state index in [9.17, 15) is 48.4 Å². The van der Waals surface area contributed by atoms with Crippen LogP contribution in [0.3, 0.4) is 0 Å². The molecule has 21 nitrogen and oxygen atoms in total. The number of carbonyl (C=O) groups is 9. The first kappa shape index (κ1) is 56.8. The lowest BCUT2D eigenvalue weighted by molar-refractivity contribution is -0.137. The Morgan fingerprint density at radius 2 is 1.35 bits per heavy atom. The van der Waals surface area contributed by atoms with Gasteiger partial charge in [0.2, 0.25) is 47.3 Å². The van der Waals surface area contributed by atoms with Gasteiger partial charge < -0.3 is 53.3 Å². The molecule has 7 atom stereocenters. The monoisotopic (exact) mass is 1050 g/mol. The Labute approximate surface area is 439 Å². The second kappa shape index (κ2) is 29.4. The zero-order valence-electron chi connectivity index (χ0n) is 41.8. The lowest BCUT2D eigenvalue weighted by Crippen LogP contribution is -2.56. The second-order valence-electron chi connectivity index (χ2n) is 18.9. The Bertz CT molecular complexity index is 2590. The van der Waals surface area contributed by atoms with Crippen LogP contribution in [-0.4, -0.2) is 124 Å². The van der Waals surface area contributed by atoms with Crippen LogP contribution in [0.5, 0.6) is 0 Å². The third-order valence-electron chi connectivity index (χ3n) is 13.3. The van der Waals surface area contributed by atoms with Crippen molar-refractivity contribution in [2.24, 2.45) is 11.7 Å². The van der Waals surface area contributed by atoms with Gasteiger partial charge in [0.05, 0.1) is 25.2 Å². The molecule has 0 spiro atoms. The largest absolute Gasteiger partial charge is 0.368 e. The lowest BCUT2D eigenvalue weighted by atomic mass is 9.94. The third kappa shape index (κ3) is 18.5. The molecule has 75 heavy (non-hydrogen) atoms. The molecule has 6 rings (SSSR count). The molecule has 2 saturated heterocycles. The quantitative estimate of drug-likeness (QED) is 0.0149. The van der Waals surface area contributed by atoms with E-state index in [0.717, 1.165) is 41.5 Å². The summed E-state index contributed by atoms with van der Waals surface area (Å²) in [6, 6.07) is 22.5. The van der Waals surface area contributed by atoms with Crippen LogP contribution >= 0.6 is 11.8 Å². The normalized spacial score (nSPS) is 17.2. The maximum absolute atomic E-state index is 14.4. The summed E-state index contributed by atoms with van der Waals surface area (Å²) in [7, 11) is 0. The van der Waals surface area contributed by atoms with Gasteiger partial charge in [0.15, 0.2) is 0 Å². The second-order valence-corrected chi connectivity index (χ2v) is 20.2. The van der Waals surface area contributed by atoms with Crippen molar-refractivity contribution in [2.45, 2.75) is 119 Å². The Kier molecular flexibility index (Phi) is 22.3. The summed E-state index contributed by atoms with van der Waals surface area (Å²) in [5, 5.41) is 32.3. The number of hydrogen-bond donors (Lipinski definition) is 12. The Morgan fingerprint density at radius 3 is 2.09 bits per heavy atom. The number of carbonyl (C=O) groups excluding carboxylic acids is 9. The highest BCUT2D eigenvalue weighted by molar-refractivity contribution is 8.00. The van der Waals surface area contributed by atoms with Crippen LogP contribution in [0.25, 0.3) is 10.9 Å². The number of aryl methyl sites for hydroxylation is 1. The molecule has 2 fully saturated rings. The van der Waals surface area contributed by atoms with Gasteiger partial charge in [-0.1, -0.05) is 85.3 Å². The SMILES string of the molecule is NC(=O)[C@H](CCCCNC(=O)CCCC[C@@H]1SC[C@@H]2NC(=O)N[C@@H]21)NC(=O)CNC(=O)CNC(=O)[C@H](Cc1c[nH]c2ccccc12)NC(=O)[C@H](Cc1ccccc1)NC(=O)C(CCCc1ccccc1)CC(=O)NO. The number of primary amides is 1. The molecule has 3 heterocycles. The Hall–Kier alpha value is -7.46. The highest BCUT2D eigenvalue weighted by Gasteiger charge is 2.42. The topological polar surface area (TPSA) is 324 Å². The molecule has 1 unspecified atom stereocenters. The number of benzene rings is 3. The minimum absolute atomic E-state index is 0.0207. The average molecular weight is 1050 g/mol. The fraction of sp³-hybridized carbons (Fsp3) is 0.453. The van der Waals surface area contributed by atoms with Gasteiger partial charge >= 0.3 is 6.03 Å². The van der Waals surface area contributed by atoms with Gasteiger partial charge in [-0.15, -0.1) is 0 Å². The number of rotatable bonds is 31. The van der Waals surface area contributed by atoms with Crippen LogP contribution in [0.15, 0.2) is 91.1 Å². The summed E-state index contributed by atoms with van der Waals surface area (Å²) in [5.74, 6) is -5.14. The number of hydroxylamine groups is 1. The van der Waals surface area contributed by atoms with Gasteiger partial charge in [-0.25, -0.2) is 10.3 Å². The summed E-state index contributed by atoms with van der Waals surface area (Å²) in [4.78, 5) is 120. The molecule has 4 aromatic rings. The van der Waals surface area contributed by atoms with Gasteiger partial charge in [0.25, 0.3) is 0 Å². The molecular weight excluding hydrogens is 983 g/mol. The maximum Gasteiger partial charge on any atom is 0.315 e. The molecule has 402 valence electrons. The van der Waals surface area contributed by atoms with E-state index in [1.54, 1.807) is 42.0 Å². The molecule has 0 aliphatic carbocycles. The van der Waals surface area contributed by atoms with E-state index in [1.165, 1.54) is 0 Å². The molecule has 10 amide bonds. The highest BCUT2D eigenvalue weighted by atomic mass is 32.2. The predicted molar refractivity (Wildman–Crippen MR) is 281 cm³/mol. The van der Waals surface area contributed by atoms with E-state index in [-0.39, 0.29) is 56.1 Å².